The molecule has 0 radical (unpaired) electrons. The van der Waals surface area contributed by atoms with Crippen LogP contribution in [-0.4, -0.2) is 26.1 Å². The number of hydrogen-bond donors (Lipinski definition) is 1. The van der Waals surface area contributed by atoms with Crippen molar-refractivity contribution in [1.82, 2.24) is 19.8 Å². The second kappa shape index (κ2) is 7.89. The topological polar surface area (TPSA) is 33.1 Å². The zero-order valence-electron chi connectivity index (χ0n) is 15.3. The average molecular weight is 415 g/mol. The van der Waals surface area contributed by atoms with Gasteiger partial charge in [-0.15, -0.1) is 0 Å². The van der Waals surface area contributed by atoms with Crippen LogP contribution in [0, 0.1) is 5.82 Å². The van der Waals surface area contributed by atoms with Crippen molar-refractivity contribution in [2.75, 3.05) is 6.54 Å². The zero-order chi connectivity index (χ0) is 19.7. The molecule has 3 aromatic rings. The van der Waals surface area contributed by atoms with Gasteiger partial charge in [-0.1, -0.05) is 24.6 Å². The molecule has 1 aliphatic heterocycles. The van der Waals surface area contributed by atoms with Crippen LogP contribution < -0.4 is 5.32 Å². The maximum Gasteiger partial charge on any atom is 0.170 e. The van der Waals surface area contributed by atoms with E-state index in [2.05, 4.69) is 28.2 Å². The molecule has 0 aliphatic carbocycles. The molecule has 3 heterocycles. The molecular formula is C21H20ClFN4S. The number of benzene rings is 1. The highest BCUT2D eigenvalue weighted by Gasteiger charge is 2.40. The fraction of sp³-hybridized carbons (Fsp3) is 0.238. The van der Waals surface area contributed by atoms with Crippen molar-refractivity contribution >= 4 is 28.9 Å². The SMILES string of the molecule is CCCN1C(=S)N[C@H](c2ccccn2)[C@H]1c1cccn1-c1ccc(F)c(Cl)c1. The summed E-state index contributed by atoms with van der Waals surface area (Å²) in [7, 11) is 0. The molecule has 0 unspecified atom stereocenters. The number of pyridine rings is 1. The third-order valence-electron chi connectivity index (χ3n) is 4.93. The van der Waals surface area contributed by atoms with Gasteiger partial charge < -0.3 is 14.8 Å². The Morgan fingerprint density at radius 1 is 1.21 bits per heavy atom. The lowest BCUT2D eigenvalue weighted by Gasteiger charge is -2.28. The molecule has 1 aliphatic rings. The second-order valence-corrected chi connectivity index (χ2v) is 7.52. The maximum atomic E-state index is 13.7. The summed E-state index contributed by atoms with van der Waals surface area (Å²) in [5.74, 6) is -0.429. The fourth-order valence-corrected chi connectivity index (χ4v) is 4.22. The molecule has 4 nitrogen and oxygen atoms in total. The largest absolute Gasteiger partial charge is 0.352 e. The summed E-state index contributed by atoms with van der Waals surface area (Å²) in [5.41, 5.74) is 2.78. The molecule has 28 heavy (non-hydrogen) atoms. The van der Waals surface area contributed by atoms with Crippen LogP contribution >= 0.6 is 23.8 Å². The van der Waals surface area contributed by atoms with Gasteiger partial charge in [0.2, 0.25) is 0 Å². The lowest BCUT2D eigenvalue weighted by Crippen LogP contribution is -2.31. The van der Waals surface area contributed by atoms with E-state index in [9.17, 15) is 4.39 Å². The van der Waals surface area contributed by atoms with Gasteiger partial charge >= 0.3 is 0 Å². The van der Waals surface area contributed by atoms with E-state index in [1.54, 1.807) is 18.3 Å². The van der Waals surface area contributed by atoms with Crippen molar-refractivity contribution in [2.24, 2.45) is 0 Å². The zero-order valence-corrected chi connectivity index (χ0v) is 16.9. The predicted molar refractivity (Wildman–Crippen MR) is 113 cm³/mol. The summed E-state index contributed by atoms with van der Waals surface area (Å²) in [6, 6.07) is 14.6. The van der Waals surface area contributed by atoms with Crippen LogP contribution in [0.2, 0.25) is 5.02 Å². The Kier molecular flexibility index (Phi) is 5.33. The van der Waals surface area contributed by atoms with Crippen LogP contribution in [0.15, 0.2) is 60.9 Å². The molecule has 1 saturated heterocycles. The predicted octanol–water partition coefficient (Wildman–Crippen LogP) is 5.05. The Morgan fingerprint density at radius 2 is 2.07 bits per heavy atom. The first-order valence-corrected chi connectivity index (χ1v) is 9.99. The highest BCUT2D eigenvalue weighted by molar-refractivity contribution is 7.80. The van der Waals surface area contributed by atoms with E-state index in [0.29, 0.717) is 5.11 Å². The monoisotopic (exact) mass is 414 g/mol. The number of aromatic nitrogens is 2. The second-order valence-electron chi connectivity index (χ2n) is 6.72. The molecule has 2 aromatic heterocycles. The summed E-state index contributed by atoms with van der Waals surface area (Å²) in [4.78, 5) is 6.75. The van der Waals surface area contributed by atoms with Gasteiger partial charge in [0.1, 0.15) is 5.82 Å². The van der Waals surface area contributed by atoms with Crippen LogP contribution in [0.3, 0.4) is 0 Å². The molecule has 4 rings (SSSR count). The number of nitrogens with one attached hydrogen (secondary N) is 1. The number of halogens is 2. The van der Waals surface area contributed by atoms with Crippen LogP contribution in [-0.2, 0) is 0 Å². The van der Waals surface area contributed by atoms with Crippen LogP contribution in [0.1, 0.15) is 36.8 Å². The normalized spacial score (nSPS) is 19.1. The molecule has 2 atom stereocenters. The lowest BCUT2D eigenvalue weighted by atomic mass is 10.0. The number of hydrogen-bond acceptors (Lipinski definition) is 2. The smallest absolute Gasteiger partial charge is 0.170 e. The first kappa shape index (κ1) is 18.9. The van der Waals surface area contributed by atoms with Crippen molar-refractivity contribution in [1.29, 1.82) is 0 Å². The average Bonchev–Trinajstić information content (AvgIpc) is 3.30. The van der Waals surface area contributed by atoms with Crippen molar-refractivity contribution in [2.45, 2.75) is 25.4 Å². The van der Waals surface area contributed by atoms with E-state index in [-0.39, 0.29) is 17.1 Å². The third-order valence-corrected chi connectivity index (χ3v) is 5.57. The maximum absolute atomic E-state index is 13.7. The Bertz CT molecular complexity index is 991. The fourth-order valence-electron chi connectivity index (χ4n) is 3.71. The summed E-state index contributed by atoms with van der Waals surface area (Å²) >= 11 is 11.7. The molecule has 1 aromatic carbocycles. The molecule has 1 fully saturated rings. The summed E-state index contributed by atoms with van der Waals surface area (Å²) in [6.45, 7) is 2.96. The minimum atomic E-state index is -0.429. The van der Waals surface area contributed by atoms with E-state index in [1.807, 2.05) is 35.0 Å². The molecule has 0 amide bonds. The van der Waals surface area contributed by atoms with Crippen LogP contribution in [0.4, 0.5) is 4.39 Å². The summed E-state index contributed by atoms with van der Waals surface area (Å²) in [6.07, 6.45) is 4.72. The van der Waals surface area contributed by atoms with Crippen molar-refractivity contribution in [3.8, 4) is 5.69 Å². The summed E-state index contributed by atoms with van der Waals surface area (Å²) < 4.78 is 15.7. The van der Waals surface area contributed by atoms with E-state index < -0.39 is 5.82 Å². The van der Waals surface area contributed by atoms with E-state index in [0.717, 1.165) is 30.0 Å². The molecule has 1 N–H and O–H groups in total. The minimum Gasteiger partial charge on any atom is -0.352 e. The third kappa shape index (κ3) is 3.38. The standard InChI is InChI=1S/C21H20ClFN4S/c1-2-11-27-20(19(25-21(27)28)17-6-3-4-10-24-17)18-7-5-12-26(18)14-8-9-16(23)15(22)13-14/h3-10,12-13,19-20H,2,11H2,1H3,(H,25,28)/t19-,20-/m1/s1. The molecule has 7 heteroatoms. The molecule has 0 saturated carbocycles. The highest BCUT2D eigenvalue weighted by Crippen LogP contribution is 2.39. The quantitative estimate of drug-likeness (QED) is 0.592. The van der Waals surface area contributed by atoms with Crippen molar-refractivity contribution < 1.29 is 4.39 Å². The first-order valence-electron chi connectivity index (χ1n) is 9.21. The van der Waals surface area contributed by atoms with E-state index in [1.165, 1.54) is 6.07 Å². The Morgan fingerprint density at radius 3 is 2.79 bits per heavy atom. The number of thiocarbonyl (C=S) groups is 1. The summed E-state index contributed by atoms with van der Waals surface area (Å²) in [5, 5.41) is 4.25. The van der Waals surface area contributed by atoms with E-state index in [4.69, 9.17) is 23.8 Å². The van der Waals surface area contributed by atoms with Gasteiger partial charge in [0.15, 0.2) is 5.11 Å². The van der Waals surface area contributed by atoms with Gasteiger partial charge in [0.05, 0.1) is 22.8 Å². The first-order chi connectivity index (χ1) is 13.6. The van der Waals surface area contributed by atoms with Gasteiger partial charge in [0, 0.05) is 30.3 Å². The van der Waals surface area contributed by atoms with Crippen molar-refractivity contribution in [3.05, 3.63) is 83.2 Å². The number of nitrogens with zero attached hydrogens (tertiary/aromatic N) is 3. The van der Waals surface area contributed by atoms with Gasteiger partial charge in [-0.25, -0.2) is 4.39 Å². The molecule has 144 valence electrons. The Labute approximate surface area is 174 Å². The minimum absolute atomic E-state index is 0.0406. The molecule has 0 bridgehead atoms. The Balaban J connectivity index is 1.81. The van der Waals surface area contributed by atoms with E-state index >= 15 is 0 Å². The lowest BCUT2D eigenvalue weighted by molar-refractivity contribution is 0.309. The highest BCUT2D eigenvalue weighted by atomic mass is 35.5. The van der Waals surface area contributed by atoms with Gasteiger partial charge in [-0.05, 0) is 61.1 Å². The Hall–Kier alpha value is -2.44. The molecular weight excluding hydrogens is 395 g/mol. The number of rotatable bonds is 5. The molecule has 0 spiro atoms. The van der Waals surface area contributed by atoms with Crippen LogP contribution in [0.5, 0.6) is 0 Å². The van der Waals surface area contributed by atoms with Gasteiger partial charge in [0.25, 0.3) is 0 Å². The van der Waals surface area contributed by atoms with Gasteiger partial charge in [-0.3, -0.25) is 4.98 Å². The van der Waals surface area contributed by atoms with Crippen molar-refractivity contribution in [3.63, 3.8) is 0 Å². The van der Waals surface area contributed by atoms with Gasteiger partial charge in [-0.2, -0.15) is 0 Å². The van der Waals surface area contributed by atoms with Crippen LogP contribution in [0.25, 0.3) is 5.69 Å².